The molecule has 1 fully saturated rings. The number of likely N-dealkylation sites (N-methyl/N-ethyl adjacent to an activating group) is 1. The van der Waals surface area contributed by atoms with Crippen molar-refractivity contribution in [1.82, 2.24) is 4.90 Å². The molecule has 0 aromatic heterocycles. The van der Waals surface area contributed by atoms with Gasteiger partial charge in [-0.25, -0.2) is 0 Å². The van der Waals surface area contributed by atoms with Crippen LogP contribution < -0.4 is 4.74 Å². The van der Waals surface area contributed by atoms with Crippen LogP contribution >= 0.6 is 51.5 Å². The Morgan fingerprint density at radius 3 is 2.60 bits per heavy atom. The minimum atomic E-state index is -0.0748. The molecule has 3 rings (SSSR count). The number of thiocarbonyl (C=S) groups is 1. The first-order valence-electron chi connectivity index (χ1n) is 7.32. The summed E-state index contributed by atoms with van der Waals surface area (Å²) in [5.74, 6) is 0.657. The minimum Gasteiger partial charge on any atom is -0.488 e. The molecule has 0 aliphatic carbocycles. The summed E-state index contributed by atoms with van der Waals surface area (Å²) in [5, 5.41) is 0.701. The first-order chi connectivity index (χ1) is 11.9. The maximum atomic E-state index is 12.1. The second kappa shape index (κ2) is 7.91. The molecule has 0 N–H and O–H groups in total. The first-order valence-corrected chi connectivity index (χ1v) is 9.72. The lowest BCUT2D eigenvalue weighted by molar-refractivity contribution is -0.121. The molecule has 7 heteroatoms. The summed E-state index contributed by atoms with van der Waals surface area (Å²) < 4.78 is 7.22. The van der Waals surface area contributed by atoms with Gasteiger partial charge in [-0.15, -0.1) is 0 Å². The fourth-order valence-corrected chi connectivity index (χ4v) is 3.98. The molecule has 0 atom stereocenters. The maximum absolute atomic E-state index is 12.1. The Labute approximate surface area is 169 Å². The van der Waals surface area contributed by atoms with E-state index in [9.17, 15) is 4.79 Å². The zero-order valence-electron chi connectivity index (χ0n) is 13.2. The van der Waals surface area contributed by atoms with Gasteiger partial charge in [0.1, 0.15) is 16.7 Å². The molecule has 2 aromatic rings. The van der Waals surface area contributed by atoms with E-state index in [2.05, 4.69) is 15.9 Å². The SMILES string of the molecule is CN1C(=O)/C(=C/c2ccc(OCc3ccc(Cl)cc3)c(Br)c2)SC1=S. The molecule has 1 saturated heterocycles. The quantitative estimate of drug-likeness (QED) is 0.450. The highest BCUT2D eigenvalue weighted by Crippen LogP contribution is 2.33. The Balaban J connectivity index is 1.72. The molecule has 0 bridgehead atoms. The molecule has 128 valence electrons. The topological polar surface area (TPSA) is 29.5 Å². The number of thioether (sulfide) groups is 1. The van der Waals surface area contributed by atoms with Gasteiger partial charge < -0.3 is 4.74 Å². The summed E-state index contributed by atoms with van der Waals surface area (Å²) in [5.41, 5.74) is 1.94. The van der Waals surface area contributed by atoms with E-state index in [0.29, 0.717) is 20.9 Å². The van der Waals surface area contributed by atoms with Crippen LogP contribution in [0, 0.1) is 0 Å². The van der Waals surface area contributed by atoms with Crippen LogP contribution in [0.25, 0.3) is 6.08 Å². The highest BCUT2D eigenvalue weighted by atomic mass is 79.9. The van der Waals surface area contributed by atoms with Gasteiger partial charge in [-0.05, 0) is 57.4 Å². The number of carbonyl (C=O) groups excluding carboxylic acids is 1. The lowest BCUT2D eigenvalue weighted by atomic mass is 10.2. The summed E-state index contributed by atoms with van der Waals surface area (Å²) >= 11 is 15.8. The number of hydrogen-bond donors (Lipinski definition) is 0. The van der Waals surface area contributed by atoms with Crippen molar-refractivity contribution < 1.29 is 9.53 Å². The van der Waals surface area contributed by atoms with Crippen LogP contribution in [0.5, 0.6) is 5.75 Å². The van der Waals surface area contributed by atoms with E-state index in [0.717, 1.165) is 21.3 Å². The van der Waals surface area contributed by atoms with Crippen molar-refractivity contribution in [2.24, 2.45) is 0 Å². The van der Waals surface area contributed by atoms with Crippen LogP contribution in [0.4, 0.5) is 0 Å². The number of benzene rings is 2. The second-order valence-corrected chi connectivity index (χ2v) is 8.31. The van der Waals surface area contributed by atoms with Crippen molar-refractivity contribution in [3.63, 3.8) is 0 Å². The van der Waals surface area contributed by atoms with Gasteiger partial charge in [0.15, 0.2) is 0 Å². The molecule has 3 nitrogen and oxygen atoms in total. The average Bonchev–Trinajstić information content (AvgIpc) is 2.83. The van der Waals surface area contributed by atoms with Gasteiger partial charge in [-0.1, -0.05) is 53.8 Å². The van der Waals surface area contributed by atoms with Gasteiger partial charge in [0.05, 0.1) is 9.38 Å². The number of rotatable bonds is 4. The normalized spacial score (nSPS) is 16.0. The molecule has 0 spiro atoms. The highest BCUT2D eigenvalue weighted by molar-refractivity contribution is 9.10. The fourth-order valence-electron chi connectivity index (χ4n) is 2.16. The lowest BCUT2D eigenvalue weighted by Gasteiger charge is -2.09. The molecule has 25 heavy (non-hydrogen) atoms. The van der Waals surface area contributed by atoms with Crippen LogP contribution in [0.2, 0.25) is 5.02 Å². The van der Waals surface area contributed by atoms with Gasteiger partial charge in [-0.3, -0.25) is 9.69 Å². The van der Waals surface area contributed by atoms with E-state index in [-0.39, 0.29) is 5.91 Å². The van der Waals surface area contributed by atoms with Crippen LogP contribution in [0.3, 0.4) is 0 Å². The molecular weight excluding hydrogens is 442 g/mol. The third-order valence-corrected chi connectivity index (χ3v) is 5.90. The molecule has 2 aromatic carbocycles. The molecular formula is C18H13BrClNO2S2. The predicted molar refractivity (Wildman–Crippen MR) is 111 cm³/mol. The van der Waals surface area contributed by atoms with Gasteiger partial charge in [0.25, 0.3) is 5.91 Å². The number of carbonyl (C=O) groups is 1. The maximum Gasteiger partial charge on any atom is 0.265 e. The van der Waals surface area contributed by atoms with Crippen molar-refractivity contribution in [2.75, 3.05) is 7.05 Å². The Hall–Kier alpha value is -1.34. The first kappa shape index (κ1) is 18.5. The van der Waals surface area contributed by atoms with Crippen molar-refractivity contribution in [2.45, 2.75) is 6.61 Å². The Morgan fingerprint density at radius 2 is 2.00 bits per heavy atom. The predicted octanol–water partition coefficient (Wildman–Crippen LogP) is 5.51. The van der Waals surface area contributed by atoms with Gasteiger partial charge >= 0.3 is 0 Å². The van der Waals surface area contributed by atoms with Crippen LogP contribution in [0.15, 0.2) is 51.8 Å². The summed E-state index contributed by atoms with van der Waals surface area (Å²) in [7, 11) is 1.68. The van der Waals surface area contributed by atoms with Crippen molar-refractivity contribution in [3.05, 3.63) is 68.0 Å². The number of nitrogens with zero attached hydrogens (tertiary/aromatic N) is 1. The van der Waals surface area contributed by atoms with E-state index >= 15 is 0 Å². The Kier molecular flexibility index (Phi) is 5.84. The number of halogens is 2. The Bertz CT molecular complexity index is 868. The second-order valence-electron chi connectivity index (χ2n) is 5.35. The van der Waals surface area contributed by atoms with Gasteiger partial charge in [-0.2, -0.15) is 0 Å². The van der Waals surface area contributed by atoms with E-state index in [4.69, 9.17) is 28.6 Å². The largest absolute Gasteiger partial charge is 0.488 e. The molecule has 0 saturated carbocycles. The summed E-state index contributed by atoms with van der Waals surface area (Å²) in [6.07, 6.45) is 1.83. The molecule has 0 unspecified atom stereocenters. The van der Waals surface area contributed by atoms with Crippen molar-refractivity contribution in [3.8, 4) is 5.75 Å². The van der Waals surface area contributed by atoms with Crippen LogP contribution in [0.1, 0.15) is 11.1 Å². The number of ether oxygens (including phenoxy) is 1. The van der Waals surface area contributed by atoms with Crippen LogP contribution in [-0.4, -0.2) is 22.2 Å². The lowest BCUT2D eigenvalue weighted by Crippen LogP contribution is -2.22. The minimum absolute atomic E-state index is 0.0748. The summed E-state index contributed by atoms with van der Waals surface area (Å²) in [6.45, 7) is 0.448. The number of hydrogen-bond acceptors (Lipinski definition) is 4. The monoisotopic (exact) mass is 453 g/mol. The molecule has 0 radical (unpaired) electrons. The summed E-state index contributed by atoms with van der Waals surface area (Å²) in [6, 6.07) is 13.2. The van der Waals surface area contributed by atoms with Gasteiger partial charge in [0, 0.05) is 12.1 Å². The standard InChI is InChI=1S/C18H13BrClNO2S2/c1-21-17(22)16(25-18(21)24)9-12-4-7-15(14(19)8-12)23-10-11-2-5-13(20)6-3-11/h2-9H,10H2,1H3/b16-9-. The van der Waals surface area contributed by atoms with E-state index in [1.807, 2.05) is 48.5 Å². The third-order valence-electron chi connectivity index (χ3n) is 3.55. The number of amides is 1. The van der Waals surface area contributed by atoms with Gasteiger partial charge in [0.2, 0.25) is 0 Å². The Morgan fingerprint density at radius 1 is 1.28 bits per heavy atom. The molecule has 1 aliphatic rings. The smallest absolute Gasteiger partial charge is 0.265 e. The highest BCUT2D eigenvalue weighted by Gasteiger charge is 2.28. The third kappa shape index (κ3) is 4.44. The van der Waals surface area contributed by atoms with Crippen molar-refractivity contribution >= 4 is 67.8 Å². The molecule has 1 aliphatic heterocycles. The van der Waals surface area contributed by atoms with E-state index < -0.39 is 0 Å². The van der Waals surface area contributed by atoms with Crippen LogP contribution in [-0.2, 0) is 11.4 Å². The van der Waals surface area contributed by atoms with E-state index in [1.165, 1.54) is 16.7 Å². The zero-order chi connectivity index (χ0) is 18.0. The van der Waals surface area contributed by atoms with Crippen molar-refractivity contribution in [1.29, 1.82) is 0 Å². The van der Waals surface area contributed by atoms with E-state index in [1.54, 1.807) is 7.05 Å². The summed E-state index contributed by atoms with van der Waals surface area (Å²) in [4.78, 5) is 14.2. The fraction of sp³-hybridized carbons (Fsp3) is 0.111. The molecule has 1 amide bonds. The molecule has 1 heterocycles. The zero-order valence-corrected chi connectivity index (χ0v) is 17.1. The average molecular weight is 455 g/mol.